The first kappa shape index (κ1) is 27.5. The first-order valence-corrected chi connectivity index (χ1v) is 12.5. The molecule has 0 bridgehead atoms. The van der Waals surface area contributed by atoms with Crippen LogP contribution in [-0.4, -0.2) is 35.4 Å². The second-order valence-corrected chi connectivity index (χ2v) is 10.2. The van der Waals surface area contributed by atoms with Crippen LogP contribution < -0.4 is 10.1 Å². The van der Waals surface area contributed by atoms with Crippen LogP contribution in [0.3, 0.4) is 0 Å². The number of ether oxygens (including phenoxy) is 1. The number of benzene rings is 2. The number of carbonyl (C=O) groups excluding carboxylic acids is 2. The summed E-state index contributed by atoms with van der Waals surface area (Å²) in [7, 11) is 0. The molecule has 0 saturated carbocycles. The second kappa shape index (κ2) is 12.6. The van der Waals surface area contributed by atoms with Crippen molar-refractivity contribution in [2.45, 2.75) is 65.6 Å². The minimum atomic E-state index is -0.665. The largest absolute Gasteiger partial charge is 0.483 e. The van der Waals surface area contributed by atoms with Crippen molar-refractivity contribution in [2.75, 3.05) is 6.61 Å². The zero-order valence-corrected chi connectivity index (χ0v) is 22.7. The third-order valence-electron chi connectivity index (χ3n) is 5.15. The molecule has 1 atom stereocenters. The molecular formula is C25H31BrCl2N2O3. The Kier molecular flexibility index (Phi) is 10.5. The highest BCUT2D eigenvalue weighted by molar-refractivity contribution is 9.10. The van der Waals surface area contributed by atoms with E-state index in [1.165, 1.54) is 4.90 Å². The van der Waals surface area contributed by atoms with E-state index in [9.17, 15) is 9.59 Å². The number of hydrogen-bond donors (Lipinski definition) is 1. The minimum Gasteiger partial charge on any atom is -0.483 e. The first-order chi connectivity index (χ1) is 15.5. The molecule has 2 amide bonds. The summed E-state index contributed by atoms with van der Waals surface area (Å²) in [5.41, 5.74) is 1.86. The molecule has 180 valence electrons. The maximum absolute atomic E-state index is 13.3. The van der Waals surface area contributed by atoms with Crippen molar-refractivity contribution in [3.63, 3.8) is 0 Å². The molecule has 0 radical (unpaired) electrons. The number of halogens is 3. The van der Waals surface area contributed by atoms with Gasteiger partial charge in [0.1, 0.15) is 11.8 Å². The van der Waals surface area contributed by atoms with Gasteiger partial charge in [0.25, 0.3) is 5.91 Å². The fraction of sp³-hybridized carbons (Fsp3) is 0.440. The summed E-state index contributed by atoms with van der Waals surface area (Å²) in [4.78, 5) is 27.7. The van der Waals surface area contributed by atoms with Crippen LogP contribution in [0, 0.1) is 0 Å². The Labute approximate surface area is 214 Å². The van der Waals surface area contributed by atoms with Gasteiger partial charge in [-0.3, -0.25) is 9.59 Å². The van der Waals surface area contributed by atoms with E-state index in [4.69, 9.17) is 27.9 Å². The van der Waals surface area contributed by atoms with Gasteiger partial charge in [-0.25, -0.2) is 0 Å². The normalized spacial score (nSPS) is 12.1. The maximum Gasteiger partial charge on any atom is 0.261 e. The summed E-state index contributed by atoms with van der Waals surface area (Å²) in [5, 5.41) is 3.84. The van der Waals surface area contributed by atoms with Crippen LogP contribution in [0.4, 0.5) is 0 Å². The molecule has 2 aromatic rings. The van der Waals surface area contributed by atoms with Gasteiger partial charge in [-0.15, -0.1) is 0 Å². The molecule has 0 fully saturated rings. The van der Waals surface area contributed by atoms with Gasteiger partial charge in [-0.2, -0.15) is 0 Å². The lowest BCUT2D eigenvalue weighted by atomic mass is 10.0. The summed E-state index contributed by atoms with van der Waals surface area (Å²) in [6, 6.07) is 10.2. The van der Waals surface area contributed by atoms with Gasteiger partial charge in [-0.1, -0.05) is 56.1 Å². The van der Waals surface area contributed by atoms with E-state index < -0.39 is 6.04 Å². The molecule has 0 aliphatic heterocycles. The van der Waals surface area contributed by atoms with E-state index >= 15 is 0 Å². The molecular weight excluding hydrogens is 527 g/mol. The standard InChI is InChI=1S/C25H31BrCl2N2O3/c1-6-22(25(32)29-16(4)5)30(13-18-7-9-19(27)12-21(18)28)24(31)14-33-23-10-8-17(15(2)3)11-20(23)26/h7-12,15-16,22H,6,13-14H2,1-5H3,(H,29,32). The molecule has 5 nitrogen and oxygen atoms in total. The van der Waals surface area contributed by atoms with E-state index in [-0.39, 0.29) is 31.0 Å². The van der Waals surface area contributed by atoms with Crippen molar-refractivity contribution in [3.8, 4) is 5.75 Å². The van der Waals surface area contributed by atoms with Gasteiger partial charge in [0.05, 0.1) is 4.47 Å². The smallest absolute Gasteiger partial charge is 0.261 e. The Bertz CT molecular complexity index is 982. The number of amides is 2. The Morgan fingerprint density at radius 2 is 1.79 bits per heavy atom. The van der Waals surface area contributed by atoms with Gasteiger partial charge in [-0.05, 0) is 77.5 Å². The Morgan fingerprint density at radius 3 is 2.33 bits per heavy atom. The SMILES string of the molecule is CCC(C(=O)NC(C)C)N(Cc1ccc(Cl)cc1Cl)C(=O)COc1ccc(C(C)C)cc1Br. The molecule has 33 heavy (non-hydrogen) atoms. The first-order valence-electron chi connectivity index (χ1n) is 11.0. The molecule has 2 aromatic carbocycles. The molecule has 2 rings (SSSR count). The monoisotopic (exact) mass is 556 g/mol. The van der Waals surface area contributed by atoms with Gasteiger partial charge in [0, 0.05) is 22.6 Å². The average Bonchev–Trinajstić information content (AvgIpc) is 2.73. The van der Waals surface area contributed by atoms with Crippen LogP contribution in [0.15, 0.2) is 40.9 Å². The summed E-state index contributed by atoms with van der Waals surface area (Å²) in [5.74, 6) is 0.415. The number of hydrogen-bond acceptors (Lipinski definition) is 3. The lowest BCUT2D eigenvalue weighted by Gasteiger charge is -2.31. The van der Waals surface area contributed by atoms with Crippen LogP contribution in [0.2, 0.25) is 10.0 Å². The molecule has 0 aromatic heterocycles. The van der Waals surface area contributed by atoms with Crippen LogP contribution in [0.1, 0.15) is 58.1 Å². The van der Waals surface area contributed by atoms with E-state index in [1.54, 1.807) is 18.2 Å². The fourth-order valence-corrected chi connectivity index (χ4v) is 4.33. The number of nitrogens with one attached hydrogen (secondary N) is 1. The molecule has 0 heterocycles. The molecule has 0 saturated heterocycles. The number of nitrogens with zero attached hydrogens (tertiary/aromatic N) is 1. The Balaban J connectivity index is 2.27. The Morgan fingerprint density at radius 1 is 1.09 bits per heavy atom. The van der Waals surface area contributed by atoms with Crippen LogP contribution in [-0.2, 0) is 16.1 Å². The summed E-state index contributed by atoms with van der Waals surface area (Å²) < 4.78 is 6.61. The van der Waals surface area contributed by atoms with E-state index in [0.717, 1.165) is 10.0 Å². The molecule has 0 aliphatic carbocycles. The predicted molar refractivity (Wildman–Crippen MR) is 138 cm³/mol. The van der Waals surface area contributed by atoms with Crippen molar-refractivity contribution in [1.29, 1.82) is 0 Å². The summed E-state index contributed by atoms with van der Waals surface area (Å²) >= 11 is 15.9. The molecule has 0 spiro atoms. The highest BCUT2D eigenvalue weighted by atomic mass is 79.9. The predicted octanol–water partition coefficient (Wildman–Crippen LogP) is 6.59. The zero-order valence-electron chi connectivity index (χ0n) is 19.6. The van der Waals surface area contributed by atoms with E-state index in [2.05, 4.69) is 35.1 Å². The van der Waals surface area contributed by atoms with Gasteiger partial charge < -0.3 is 15.0 Å². The third-order valence-corrected chi connectivity index (χ3v) is 6.35. The van der Waals surface area contributed by atoms with Crippen LogP contribution in [0.5, 0.6) is 5.75 Å². The van der Waals surface area contributed by atoms with Crippen molar-refractivity contribution >= 4 is 50.9 Å². The topological polar surface area (TPSA) is 58.6 Å². The number of carbonyl (C=O) groups is 2. The minimum absolute atomic E-state index is 0.0469. The quantitative estimate of drug-likeness (QED) is 0.358. The van der Waals surface area contributed by atoms with Gasteiger partial charge in [0.15, 0.2) is 6.61 Å². The fourth-order valence-electron chi connectivity index (χ4n) is 3.35. The second-order valence-electron chi connectivity index (χ2n) is 8.48. The molecule has 8 heteroatoms. The van der Waals surface area contributed by atoms with E-state index in [1.807, 2.05) is 39.0 Å². The molecule has 0 aliphatic rings. The highest BCUT2D eigenvalue weighted by Crippen LogP contribution is 2.29. The lowest BCUT2D eigenvalue weighted by Crippen LogP contribution is -2.51. The highest BCUT2D eigenvalue weighted by Gasteiger charge is 2.30. The van der Waals surface area contributed by atoms with Gasteiger partial charge >= 0.3 is 0 Å². The number of rotatable bonds is 10. The summed E-state index contributed by atoms with van der Waals surface area (Å²) in [6.07, 6.45) is 0.447. The Hall–Kier alpha value is -1.76. The lowest BCUT2D eigenvalue weighted by molar-refractivity contribution is -0.143. The van der Waals surface area contributed by atoms with Crippen molar-refractivity contribution in [1.82, 2.24) is 10.2 Å². The van der Waals surface area contributed by atoms with Gasteiger partial charge in [0.2, 0.25) is 5.91 Å². The zero-order chi connectivity index (χ0) is 24.7. The average molecular weight is 558 g/mol. The van der Waals surface area contributed by atoms with Crippen molar-refractivity contribution in [2.24, 2.45) is 0 Å². The van der Waals surface area contributed by atoms with Crippen molar-refractivity contribution in [3.05, 3.63) is 62.0 Å². The molecule has 1 unspecified atom stereocenters. The molecule has 1 N–H and O–H groups in total. The maximum atomic E-state index is 13.3. The third kappa shape index (κ3) is 7.90. The van der Waals surface area contributed by atoms with Crippen LogP contribution >= 0.6 is 39.1 Å². The van der Waals surface area contributed by atoms with E-state index in [0.29, 0.717) is 33.7 Å². The van der Waals surface area contributed by atoms with Crippen LogP contribution in [0.25, 0.3) is 0 Å². The van der Waals surface area contributed by atoms with Crippen molar-refractivity contribution < 1.29 is 14.3 Å². The summed E-state index contributed by atoms with van der Waals surface area (Å²) in [6.45, 7) is 9.81.